The van der Waals surface area contributed by atoms with Gasteiger partial charge in [-0.1, -0.05) is 30.0 Å². The molecule has 3 rings (SSSR count). The van der Waals surface area contributed by atoms with E-state index < -0.39 is 0 Å². The molecule has 0 N–H and O–H groups in total. The van der Waals surface area contributed by atoms with Gasteiger partial charge in [-0.3, -0.25) is 9.59 Å². The highest BCUT2D eigenvalue weighted by Crippen LogP contribution is 2.39. The van der Waals surface area contributed by atoms with Gasteiger partial charge in [0.1, 0.15) is 0 Å². The molecule has 25 heavy (non-hydrogen) atoms. The predicted molar refractivity (Wildman–Crippen MR) is 95.9 cm³/mol. The van der Waals surface area contributed by atoms with E-state index in [9.17, 15) is 9.59 Å². The van der Waals surface area contributed by atoms with Crippen LogP contribution in [-0.2, 0) is 11.3 Å². The Morgan fingerprint density at radius 1 is 1.08 bits per heavy atom. The Hall–Kier alpha value is -2.73. The van der Waals surface area contributed by atoms with Crippen molar-refractivity contribution in [3.8, 4) is 11.5 Å². The van der Waals surface area contributed by atoms with Crippen molar-refractivity contribution in [3.63, 3.8) is 0 Å². The van der Waals surface area contributed by atoms with Gasteiger partial charge in [-0.25, -0.2) is 0 Å². The number of amides is 1. The first kappa shape index (κ1) is 17.1. The van der Waals surface area contributed by atoms with Gasteiger partial charge in [-0.05, 0) is 29.8 Å². The fourth-order valence-corrected chi connectivity index (χ4v) is 3.62. The maximum absolute atomic E-state index is 12.4. The Labute approximate surface area is 150 Å². The second-order valence-corrected chi connectivity index (χ2v) is 6.47. The molecular weight excluding hydrogens is 338 g/mol. The summed E-state index contributed by atoms with van der Waals surface area (Å²) in [5.41, 5.74) is 1.55. The lowest BCUT2D eigenvalue weighted by atomic mass is 10.1. The van der Waals surface area contributed by atoms with Crippen molar-refractivity contribution in [2.75, 3.05) is 14.2 Å². The first-order chi connectivity index (χ1) is 12.2. The van der Waals surface area contributed by atoms with Crippen LogP contribution in [0.3, 0.4) is 0 Å². The van der Waals surface area contributed by atoms with E-state index in [2.05, 4.69) is 0 Å². The summed E-state index contributed by atoms with van der Waals surface area (Å²) in [6.45, 7) is 0.331. The van der Waals surface area contributed by atoms with Gasteiger partial charge in [0, 0.05) is 16.7 Å². The number of allylic oxidation sites excluding steroid dienone is 1. The van der Waals surface area contributed by atoms with Crippen molar-refractivity contribution < 1.29 is 19.1 Å². The fourth-order valence-electron chi connectivity index (χ4n) is 2.58. The molecule has 0 atom stereocenters. The summed E-state index contributed by atoms with van der Waals surface area (Å²) in [5.74, 6) is 1.16. The Morgan fingerprint density at radius 2 is 1.84 bits per heavy atom. The lowest BCUT2D eigenvalue weighted by Gasteiger charge is -2.15. The van der Waals surface area contributed by atoms with E-state index in [0.717, 1.165) is 10.5 Å². The summed E-state index contributed by atoms with van der Waals surface area (Å²) < 4.78 is 10.5. The number of ether oxygens (including phenoxy) is 2. The zero-order chi connectivity index (χ0) is 17.8. The monoisotopic (exact) mass is 355 g/mol. The molecule has 0 fully saturated rings. The van der Waals surface area contributed by atoms with Crippen LogP contribution >= 0.6 is 11.8 Å². The topological polar surface area (TPSA) is 55.8 Å². The molecule has 2 aromatic carbocycles. The average molecular weight is 355 g/mol. The number of rotatable bonds is 6. The third-order valence-corrected chi connectivity index (χ3v) is 4.89. The standard InChI is InChI=1S/C19H17NO4S/c1-23-15-8-7-13(9-16(15)24-2)10-20(12-21)11-18-19(22)14-5-3-4-6-17(14)25-18/h3-9,11-12H,10H2,1-2H3. The molecular formula is C19H17NO4S. The molecule has 1 amide bonds. The Bertz CT molecular complexity index is 847. The minimum atomic E-state index is -0.0558. The van der Waals surface area contributed by atoms with Gasteiger partial charge in [-0.2, -0.15) is 0 Å². The molecule has 0 saturated heterocycles. The van der Waals surface area contributed by atoms with Gasteiger partial charge < -0.3 is 14.4 Å². The van der Waals surface area contributed by atoms with Crippen molar-refractivity contribution >= 4 is 24.0 Å². The molecule has 0 unspecified atom stereocenters. The van der Waals surface area contributed by atoms with Crippen LogP contribution in [0.25, 0.3) is 0 Å². The first-order valence-electron chi connectivity index (χ1n) is 7.61. The molecule has 1 aliphatic heterocycles. The van der Waals surface area contributed by atoms with E-state index in [1.54, 1.807) is 32.6 Å². The molecule has 0 spiro atoms. The van der Waals surface area contributed by atoms with E-state index in [4.69, 9.17) is 9.47 Å². The highest BCUT2D eigenvalue weighted by molar-refractivity contribution is 8.04. The molecule has 1 heterocycles. The highest BCUT2D eigenvalue weighted by Gasteiger charge is 2.26. The normalized spacial score (nSPS) is 14.3. The van der Waals surface area contributed by atoms with E-state index in [0.29, 0.717) is 34.9 Å². The third-order valence-electron chi connectivity index (χ3n) is 3.81. The number of carbonyl (C=O) groups is 2. The molecule has 0 aliphatic carbocycles. The number of benzene rings is 2. The van der Waals surface area contributed by atoms with E-state index in [1.807, 2.05) is 30.3 Å². The van der Waals surface area contributed by atoms with Crippen molar-refractivity contribution in [1.29, 1.82) is 0 Å². The molecule has 1 aliphatic rings. The highest BCUT2D eigenvalue weighted by atomic mass is 32.2. The Balaban J connectivity index is 1.80. The molecule has 0 bridgehead atoms. The van der Waals surface area contributed by atoms with Crippen LogP contribution < -0.4 is 9.47 Å². The molecule has 2 aromatic rings. The van der Waals surface area contributed by atoms with Gasteiger partial charge in [0.2, 0.25) is 12.2 Å². The maximum atomic E-state index is 12.4. The molecule has 0 radical (unpaired) electrons. The van der Waals surface area contributed by atoms with Gasteiger partial charge in [0.25, 0.3) is 0 Å². The van der Waals surface area contributed by atoms with Crippen LogP contribution in [0.2, 0.25) is 0 Å². The number of hydrogen-bond acceptors (Lipinski definition) is 5. The minimum absolute atomic E-state index is 0.0558. The lowest BCUT2D eigenvalue weighted by Crippen LogP contribution is -2.16. The molecule has 0 saturated carbocycles. The molecule has 5 nitrogen and oxygen atoms in total. The summed E-state index contributed by atoms with van der Waals surface area (Å²) in [4.78, 5) is 26.8. The average Bonchev–Trinajstić information content (AvgIpc) is 2.97. The van der Waals surface area contributed by atoms with Crippen molar-refractivity contribution in [2.45, 2.75) is 11.4 Å². The zero-order valence-corrected chi connectivity index (χ0v) is 14.7. The van der Waals surface area contributed by atoms with Crippen LogP contribution in [0.5, 0.6) is 11.5 Å². The van der Waals surface area contributed by atoms with Crippen LogP contribution in [0, 0.1) is 0 Å². The number of methoxy groups -OCH3 is 2. The smallest absolute Gasteiger partial charge is 0.214 e. The number of fused-ring (bicyclic) bond motifs is 1. The lowest BCUT2D eigenvalue weighted by molar-refractivity contribution is -0.116. The second kappa shape index (κ2) is 7.44. The summed E-state index contributed by atoms with van der Waals surface area (Å²) in [6, 6.07) is 12.9. The van der Waals surface area contributed by atoms with Crippen molar-refractivity contribution in [1.82, 2.24) is 4.90 Å². The van der Waals surface area contributed by atoms with Gasteiger partial charge in [0.05, 0.1) is 25.7 Å². The van der Waals surface area contributed by atoms with Crippen LogP contribution in [0.4, 0.5) is 0 Å². The van der Waals surface area contributed by atoms with Crippen molar-refractivity contribution in [3.05, 3.63) is 64.7 Å². The summed E-state index contributed by atoms with van der Waals surface area (Å²) in [7, 11) is 3.13. The quantitative estimate of drug-likeness (QED) is 0.586. The predicted octanol–water partition coefficient (Wildman–Crippen LogP) is 3.49. The maximum Gasteiger partial charge on any atom is 0.214 e. The van der Waals surface area contributed by atoms with Crippen molar-refractivity contribution in [2.24, 2.45) is 0 Å². The number of thioether (sulfide) groups is 1. The number of Topliss-reactive ketones (excluding diaryl/α,β-unsaturated/α-hetero) is 1. The third kappa shape index (κ3) is 3.53. The molecule has 128 valence electrons. The van der Waals surface area contributed by atoms with Gasteiger partial charge in [0.15, 0.2) is 11.5 Å². The SMILES string of the molecule is COc1ccc(CN(C=O)C=C2Sc3ccccc3C2=O)cc1OC. The second-order valence-electron chi connectivity index (χ2n) is 5.39. The Kier molecular flexibility index (Phi) is 5.09. The number of hydrogen-bond donors (Lipinski definition) is 0. The van der Waals surface area contributed by atoms with Crippen LogP contribution in [0.15, 0.2) is 58.5 Å². The summed E-state index contributed by atoms with van der Waals surface area (Å²) in [5, 5.41) is 0. The largest absolute Gasteiger partial charge is 0.493 e. The summed E-state index contributed by atoms with van der Waals surface area (Å²) >= 11 is 1.38. The van der Waals surface area contributed by atoms with E-state index in [-0.39, 0.29) is 5.78 Å². The first-order valence-corrected chi connectivity index (χ1v) is 8.43. The number of ketones is 1. The Morgan fingerprint density at radius 3 is 2.52 bits per heavy atom. The van der Waals surface area contributed by atoms with Crippen LogP contribution in [-0.4, -0.2) is 31.3 Å². The fraction of sp³-hybridized carbons (Fsp3) is 0.158. The molecule has 0 aromatic heterocycles. The van der Waals surface area contributed by atoms with Gasteiger partial charge in [-0.15, -0.1) is 0 Å². The van der Waals surface area contributed by atoms with Crippen LogP contribution in [0.1, 0.15) is 15.9 Å². The number of nitrogens with zero attached hydrogens (tertiary/aromatic N) is 1. The number of carbonyl (C=O) groups excluding carboxylic acids is 2. The van der Waals surface area contributed by atoms with Gasteiger partial charge >= 0.3 is 0 Å². The summed E-state index contributed by atoms with van der Waals surface area (Å²) in [6.07, 6.45) is 2.30. The zero-order valence-electron chi connectivity index (χ0n) is 13.9. The van der Waals surface area contributed by atoms with E-state index in [1.165, 1.54) is 16.7 Å². The minimum Gasteiger partial charge on any atom is -0.493 e. The molecule has 6 heteroatoms. The van der Waals surface area contributed by atoms with E-state index >= 15 is 0 Å².